The molecule has 1 saturated carbocycles. The van der Waals surface area contributed by atoms with Gasteiger partial charge >= 0.3 is 0 Å². The summed E-state index contributed by atoms with van der Waals surface area (Å²) < 4.78 is 0. The van der Waals surface area contributed by atoms with Gasteiger partial charge < -0.3 is 10.2 Å². The summed E-state index contributed by atoms with van der Waals surface area (Å²) >= 11 is 5.98. The van der Waals surface area contributed by atoms with Crippen molar-refractivity contribution in [1.82, 2.24) is 10.2 Å². The number of rotatable bonds is 7. The van der Waals surface area contributed by atoms with Crippen molar-refractivity contribution in [2.75, 3.05) is 13.1 Å². The zero-order valence-corrected chi connectivity index (χ0v) is 18.0. The van der Waals surface area contributed by atoms with Gasteiger partial charge in [-0.25, -0.2) is 0 Å². The highest BCUT2D eigenvalue weighted by molar-refractivity contribution is 6.30. The number of amides is 2. The largest absolute Gasteiger partial charge is 0.352 e. The molecule has 4 rings (SSSR count). The van der Waals surface area contributed by atoms with Gasteiger partial charge in [0, 0.05) is 37.0 Å². The average Bonchev–Trinajstić information content (AvgIpc) is 3.58. The molecule has 2 atom stereocenters. The molecule has 0 bridgehead atoms. The summed E-state index contributed by atoms with van der Waals surface area (Å²) in [5.74, 6) is 1.50. The molecule has 4 nitrogen and oxygen atoms in total. The molecule has 5 heteroatoms. The van der Waals surface area contributed by atoms with Crippen molar-refractivity contribution in [3.63, 3.8) is 0 Å². The monoisotopic (exact) mass is 424 g/mol. The van der Waals surface area contributed by atoms with E-state index in [1.807, 2.05) is 47.4 Å². The third-order valence-corrected chi connectivity index (χ3v) is 6.66. The maximum absolute atomic E-state index is 12.8. The molecule has 2 aliphatic rings. The van der Waals surface area contributed by atoms with Crippen LogP contribution in [0.2, 0.25) is 5.02 Å². The molecule has 1 saturated heterocycles. The van der Waals surface area contributed by atoms with Crippen LogP contribution in [0.4, 0.5) is 0 Å². The summed E-state index contributed by atoms with van der Waals surface area (Å²) in [6.45, 7) is 2.16. The standard InChI is InChI=1S/C25H29ClN2O2/c26-21-8-4-5-19(15-21)17-27-24(29)10-9-18-11-13-28(14-12-18)25(30)23-16-22(23)20-6-2-1-3-7-20/h1-8,15,18,22-23H,9-14,16-17H2,(H,27,29)/t22-,23+/m0/s1. The number of benzene rings is 2. The minimum absolute atomic E-state index is 0.0807. The summed E-state index contributed by atoms with van der Waals surface area (Å²) in [6, 6.07) is 17.9. The fraction of sp³-hybridized carbons (Fsp3) is 0.440. The second kappa shape index (κ2) is 9.65. The van der Waals surface area contributed by atoms with Crippen molar-refractivity contribution in [2.24, 2.45) is 11.8 Å². The highest BCUT2D eigenvalue weighted by atomic mass is 35.5. The number of nitrogens with zero attached hydrogens (tertiary/aromatic N) is 1. The summed E-state index contributed by atoms with van der Waals surface area (Å²) in [6.07, 6.45) is 4.40. The van der Waals surface area contributed by atoms with E-state index in [0.717, 1.165) is 44.3 Å². The lowest BCUT2D eigenvalue weighted by molar-refractivity contribution is -0.134. The zero-order valence-electron chi connectivity index (χ0n) is 17.2. The van der Waals surface area contributed by atoms with Gasteiger partial charge in [0.05, 0.1) is 0 Å². The van der Waals surface area contributed by atoms with E-state index in [0.29, 0.717) is 35.7 Å². The van der Waals surface area contributed by atoms with E-state index in [9.17, 15) is 9.59 Å². The van der Waals surface area contributed by atoms with Crippen molar-refractivity contribution in [3.05, 3.63) is 70.7 Å². The van der Waals surface area contributed by atoms with Crippen molar-refractivity contribution in [3.8, 4) is 0 Å². The van der Waals surface area contributed by atoms with E-state index >= 15 is 0 Å². The molecule has 2 aromatic carbocycles. The number of carbonyl (C=O) groups is 2. The first-order valence-electron chi connectivity index (χ1n) is 10.9. The number of likely N-dealkylation sites (tertiary alicyclic amines) is 1. The minimum atomic E-state index is 0.0807. The van der Waals surface area contributed by atoms with Crippen LogP contribution in [0.3, 0.4) is 0 Å². The first kappa shape index (κ1) is 20.9. The van der Waals surface area contributed by atoms with Crippen LogP contribution >= 0.6 is 11.6 Å². The lowest BCUT2D eigenvalue weighted by Gasteiger charge is -2.32. The van der Waals surface area contributed by atoms with Crippen LogP contribution in [-0.4, -0.2) is 29.8 Å². The van der Waals surface area contributed by atoms with Gasteiger partial charge in [-0.3, -0.25) is 9.59 Å². The van der Waals surface area contributed by atoms with Gasteiger partial charge in [0.1, 0.15) is 0 Å². The molecule has 2 aromatic rings. The van der Waals surface area contributed by atoms with E-state index in [1.165, 1.54) is 5.56 Å². The summed E-state index contributed by atoms with van der Waals surface area (Å²) in [5.41, 5.74) is 2.30. The maximum atomic E-state index is 12.8. The molecule has 0 unspecified atom stereocenters. The third kappa shape index (κ3) is 5.42. The molecular weight excluding hydrogens is 396 g/mol. The van der Waals surface area contributed by atoms with Crippen molar-refractivity contribution < 1.29 is 9.59 Å². The van der Waals surface area contributed by atoms with Crippen LogP contribution in [0, 0.1) is 11.8 Å². The van der Waals surface area contributed by atoms with Gasteiger partial charge in [-0.2, -0.15) is 0 Å². The quantitative estimate of drug-likeness (QED) is 0.695. The first-order chi connectivity index (χ1) is 14.6. The van der Waals surface area contributed by atoms with Gasteiger partial charge in [-0.05, 0) is 60.8 Å². The van der Waals surface area contributed by atoms with E-state index < -0.39 is 0 Å². The van der Waals surface area contributed by atoms with Crippen molar-refractivity contribution >= 4 is 23.4 Å². The summed E-state index contributed by atoms with van der Waals surface area (Å²) in [4.78, 5) is 27.0. The first-order valence-corrected chi connectivity index (χ1v) is 11.3. The smallest absolute Gasteiger partial charge is 0.226 e. The molecule has 0 aromatic heterocycles. The Bertz CT molecular complexity index is 878. The van der Waals surface area contributed by atoms with E-state index in [-0.39, 0.29) is 11.8 Å². The topological polar surface area (TPSA) is 49.4 Å². The Morgan fingerprint density at radius 1 is 1.03 bits per heavy atom. The highest BCUT2D eigenvalue weighted by Crippen LogP contribution is 2.48. The zero-order chi connectivity index (χ0) is 20.9. The summed E-state index contributed by atoms with van der Waals surface area (Å²) in [7, 11) is 0. The Morgan fingerprint density at radius 3 is 2.53 bits per heavy atom. The normalized spacial score (nSPS) is 21.3. The lowest BCUT2D eigenvalue weighted by Crippen LogP contribution is -2.39. The molecule has 0 radical (unpaired) electrons. The Hall–Kier alpha value is -2.33. The van der Waals surface area contributed by atoms with Crippen LogP contribution < -0.4 is 5.32 Å². The Morgan fingerprint density at radius 2 is 1.80 bits per heavy atom. The third-order valence-electron chi connectivity index (χ3n) is 6.42. The predicted octanol–water partition coefficient (Wildman–Crippen LogP) is 4.78. The minimum Gasteiger partial charge on any atom is -0.352 e. The predicted molar refractivity (Wildman–Crippen MR) is 119 cm³/mol. The number of hydrogen-bond donors (Lipinski definition) is 1. The van der Waals surface area contributed by atoms with Gasteiger partial charge in [-0.1, -0.05) is 54.1 Å². The van der Waals surface area contributed by atoms with Crippen molar-refractivity contribution in [2.45, 2.75) is 44.6 Å². The number of hydrogen-bond acceptors (Lipinski definition) is 2. The average molecular weight is 425 g/mol. The molecule has 30 heavy (non-hydrogen) atoms. The number of halogens is 1. The Balaban J connectivity index is 1.14. The van der Waals surface area contributed by atoms with Crippen LogP contribution in [0.5, 0.6) is 0 Å². The highest BCUT2D eigenvalue weighted by Gasteiger charge is 2.46. The Labute approximate surface area is 183 Å². The van der Waals surface area contributed by atoms with Crippen LogP contribution in [-0.2, 0) is 16.1 Å². The van der Waals surface area contributed by atoms with Crippen LogP contribution in [0.25, 0.3) is 0 Å². The second-order valence-electron chi connectivity index (χ2n) is 8.57. The van der Waals surface area contributed by atoms with E-state index in [2.05, 4.69) is 17.4 Å². The van der Waals surface area contributed by atoms with E-state index in [1.54, 1.807) is 0 Å². The molecule has 1 N–H and O–H groups in total. The van der Waals surface area contributed by atoms with Gasteiger partial charge in [0.2, 0.25) is 11.8 Å². The maximum Gasteiger partial charge on any atom is 0.226 e. The lowest BCUT2D eigenvalue weighted by atomic mass is 9.91. The molecule has 158 valence electrons. The molecular formula is C25H29ClN2O2. The number of carbonyl (C=O) groups excluding carboxylic acids is 2. The molecule has 0 spiro atoms. The van der Waals surface area contributed by atoms with Crippen molar-refractivity contribution in [1.29, 1.82) is 0 Å². The molecule has 2 amide bonds. The fourth-order valence-corrected chi connectivity index (χ4v) is 4.70. The summed E-state index contributed by atoms with van der Waals surface area (Å²) in [5, 5.41) is 3.66. The van der Waals surface area contributed by atoms with Gasteiger partial charge in [-0.15, -0.1) is 0 Å². The molecule has 1 heterocycles. The van der Waals surface area contributed by atoms with Crippen LogP contribution in [0.1, 0.15) is 49.1 Å². The fourth-order valence-electron chi connectivity index (χ4n) is 4.48. The number of nitrogens with one attached hydrogen (secondary N) is 1. The van der Waals surface area contributed by atoms with Gasteiger partial charge in [0.25, 0.3) is 0 Å². The SMILES string of the molecule is O=C(CCC1CCN(C(=O)[C@@H]2C[C@H]2c2ccccc2)CC1)NCc1cccc(Cl)c1. The van der Waals surface area contributed by atoms with Crippen LogP contribution in [0.15, 0.2) is 54.6 Å². The number of piperidine rings is 1. The molecule has 1 aliphatic carbocycles. The van der Waals surface area contributed by atoms with E-state index in [4.69, 9.17) is 11.6 Å². The second-order valence-corrected chi connectivity index (χ2v) is 9.01. The molecule has 2 fully saturated rings. The Kier molecular flexibility index (Phi) is 6.73. The van der Waals surface area contributed by atoms with Gasteiger partial charge in [0.15, 0.2) is 0 Å². The molecule has 1 aliphatic heterocycles.